The molecule has 4 rings (SSSR count). The van der Waals surface area contributed by atoms with Crippen LogP contribution in [0.2, 0.25) is 0 Å². The third kappa shape index (κ3) is 3.79. The van der Waals surface area contributed by atoms with Crippen molar-refractivity contribution in [2.24, 2.45) is 11.7 Å². The zero-order chi connectivity index (χ0) is 19.7. The maximum atomic E-state index is 12.9. The first-order valence-corrected chi connectivity index (χ1v) is 10.7. The van der Waals surface area contributed by atoms with E-state index in [1.165, 1.54) is 6.07 Å². The molecular weight excluding hydrogens is 380 g/mol. The Balaban J connectivity index is 1.58. The fraction of sp³-hybridized carbons (Fsp3) is 0.300. The number of primary amides is 1. The van der Waals surface area contributed by atoms with Crippen molar-refractivity contribution in [1.29, 1.82) is 0 Å². The van der Waals surface area contributed by atoms with Crippen LogP contribution in [0.4, 0.5) is 0 Å². The van der Waals surface area contributed by atoms with Gasteiger partial charge in [0.15, 0.2) is 9.84 Å². The maximum Gasteiger partial charge on any atom is 0.220 e. The third-order valence-corrected chi connectivity index (χ3v) is 6.77. The summed E-state index contributed by atoms with van der Waals surface area (Å²) in [6.07, 6.45) is 3.66. The molecule has 1 amide bonds. The van der Waals surface area contributed by atoms with Crippen molar-refractivity contribution < 1.29 is 22.4 Å². The predicted molar refractivity (Wildman–Crippen MR) is 103 cm³/mol. The molecule has 7 nitrogen and oxygen atoms in total. The molecule has 3 heterocycles. The molecule has 3 aromatic rings. The van der Waals surface area contributed by atoms with Crippen LogP contribution >= 0.6 is 0 Å². The summed E-state index contributed by atoms with van der Waals surface area (Å²) < 4.78 is 37.1. The van der Waals surface area contributed by atoms with Crippen LogP contribution in [0.25, 0.3) is 22.3 Å². The van der Waals surface area contributed by atoms with Gasteiger partial charge in [-0.05, 0) is 49.2 Å². The van der Waals surface area contributed by atoms with E-state index in [9.17, 15) is 13.2 Å². The largest absolute Gasteiger partial charge is 0.456 e. The SMILES string of the molecule is NC(=O)C1CCOC(CS(=O)(=O)c2ccc3oc(-c4ccncc4)cc3c2)C1. The van der Waals surface area contributed by atoms with Gasteiger partial charge in [0.25, 0.3) is 0 Å². The number of ether oxygens (including phenoxy) is 1. The molecule has 0 spiro atoms. The molecule has 0 aliphatic carbocycles. The molecule has 2 unspecified atom stereocenters. The smallest absolute Gasteiger partial charge is 0.220 e. The van der Waals surface area contributed by atoms with Crippen molar-refractivity contribution >= 4 is 26.7 Å². The monoisotopic (exact) mass is 400 g/mol. The average Bonchev–Trinajstić information content (AvgIpc) is 3.12. The van der Waals surface area contributed by atoms with Crippen molar-refractivity contribution in [3.05, 3.63) is 48.8 Å². The number of amides is 1. The zero-order valence-electron chi connectivity index (χ0n) is 15.1. The zero-order valence-corrected chi connectivity index (χ0v) is 15.9. The number of pyridine rings is 1. The van der Waals surface area contributed by atoms with Gasteiger partial charge in [-0.1, -0.05) is 0 Å². The number of aromatic nitrogens is 1. The number of fused-ring (bicyclic) bond motifs is 1. The van der Waals surface area contributed by atoms with Crippen LogP contribution in [0.3, 0.4) is 0 Å². The lowest BCUT2D eigenvalue weighted by Crippen LogP contribution is -2.37. The average molecular weight is 400 g/mol. The number of furan rings is 1. The molecule has 2 N–H and O–H groups in total. The Hall–Kier alpha value is -2.71. The van der Waals surface area contributed by atoms with E-state index < -0.39 is 21.8 Å². The molecule has 0 bridgehead atoms. The molecule has 1 aliphatic rings. The van der Waals surface area contributed by atoms with Gasteiger partial charge < -0.3 is 14.9 Å². The van der Waals surface area contributed by atoms with Gasteiger partial charge in [0.05, 0.1) is 16.8 Å². The first-order chi connectivity index (χ1) is 13.4. The summed E-state index contributed by atoms with van der Waals surface area (Å²) in [5.41, 5.74) is 6.83. The molecule has 2 atom stereocenters. The van der Waals surface area contributed by atoms with E-state index in [-0.39, 0.29) is 16.6 Å². The van der Waals surface area contributed by atoms with Crippen LogP contribution in [0.15, 0.2) is 58.1 Å². The first kappa shape index (κ1) is 18.6. The topological polar surface area (TPSA) is 112 Å². The van der Waals surface area contributed by atoms with Crippen LogP contribution in [0.5, 0.6) is 0 Å². The minimum atomic E-state index is -3.58. The molecule has 1 aromatic carbocycles. The normalized spacial score (nSPS) is 20.3. The number of nitrogens with two attached hydrogens (primary N) is 1. The van der Waals surface area contributed by atoms with Gasteiger partial charge in [-0.2, -0.15) is 0 Å². The minimum absolute atomic E-state index is 0.183. The summed E-state index contributed by atoms with van der Waals surface area (Å²) in [7, 11) is -3.58. The fourth-order valence-corrected chi connectivity index (χ4v) is 4.97. The molecule has 28 heavy (non-hydrogen) atoms. The highest BCUT2D eigenvalue weighted by Crippen LogP contribution is 2.30. The van der Waals surface area contributed by atoms with Crippen LogP contribution < -0.4 is 5.73 Å². The van der Waals surface area contributed by atoms with Crippen molar-refractivity contribution in [1.82, 2.24) is 4.98 Å². The maximum absolute atomic E-state index is 12.9. The van der Waals surface area contributed by atoms with Gasteiger partial charge in [-0.15, -0.1) is 0 Å². The Labute approximate surface area is 162 Å². The van der Waals surface area contributed by atoms with E-state index in [2.05, 4.69) is 4.98 Å². The third-order valence-electron chi connectivity index (χ3n) is 4.99. The number of hydrogen-bond donors (Lipinski definition) is 1. The highest BCUT2D eigenvalue weighted by Gasteiger charge is 2.30. The molecule has 2 aromatic heterocycles. The molecule has 1 saturated heterocycles. The van der Waals surface area contributed by atoms with E-state index in [4.69, 9.17) is 14.9 Å². The number of nitrogens with zero attached hydrogens (tertiary/aromatic N) is 1. The second-order valence-corrected chi connectivity index (χ2v) is 8.98. The lowest BCUT2D eigenvalue weighted by atomic mass is 9.96. The van der Waals surface area contributed by atoms with Crippen LogP contribution in [0.1, 0.15) is 12.8 Å². The molecule has 146 valence electrons. The van der Waals surface area contributed by atoms with E-state index in [1.54, 1.807) is 24.5 Å². The van der Waals surface area contributed by atoms with Gasteiger partial charge in [0.2, 0.25) is 5.91 Å². The van der Waals surface area contributed by atoms with Gasteiger partial charge in [-0.25, -0.2) is 8.42 Å². The number of carbonyl (C=O) groups excluding carboxylic acids is 1. The van der Waals surface area contributed by atoms with Crippen molar-refractivity contribution in [2.45, 2.75) is 23.8 Å². The Morgan fingerprint density at radius 1 is 1.18 bits per heavy atom. The predicted octanol–water partition coefficient (Wildman–Crippen LogP) is 2.55. The van der Waals surface area contributed by atoms with Gasteiger partial charge >= 0.3 is 0 Å². The Bertz CT molecular complexity index is 1110. The number of hydrogen-bond acceptors (Lipinski definition) is 6. The Morgan fingerprint density at radius 2 is 1.96 bits per heavy atom. The first-order valence-electron chi connectivity index (χ1n) is 9.00. The van der Waals surface area contributed by atoms with Gasteiger partial charge in [-0.3, -0.25) is 9.78 Å². The molecule has 1 fully saturated rings. The summed E-state index contributed by atoms with van der Waals surface area (Å²) in [4.78, 5) is 15.6. The van der Waals surface area contributed by atoms with Crippen LogP contribution in [0, 0.1) is 5.92 Å². The second-order valence-electron chi connectivity index (χ2n) is 6.94. The number of carbonyl (C=O) groups is 1. The Morgan fingerprint density at radius 3 is 2.71 bits per heavy atom. The second kappa shape index (κ2) is 7.37. The summed E-state index contributed by atoms with van der Waals surface area (Å²) in [5, 5.41) is 0.701. The van der Waals surface area contributed by atoms with Crippen molar-refractivity contribution in [2.75, 3.05) is 12.4 Å². The van der Waals surface area contributed by atoms with Gasteiger partial charge in [0.1, 0.15) is 11.3 Å². The number of rotatable bonds is 5. The summed E-state index contributed by atoms with van der Waals surface area (Å²) in [6.45, 7) is 0.337. The van der Waals surface area contributed by atoms with E-state index in [1.807, 2.05) is 18.2 Å². The summed E-state index contributed by atoms with van der Waals surface area (Å²) in [5.74, 6) is -0.286. The molecule has 1 aliphatic heterocycles. The van der Waals surface area contributed by atoms with E-state index in [0.29, 0.717) is 36.2 Å². The minimum Gasteiger partial charge on any atom is -0.456 e. The van der Waals surface area contributed by atoms with E-state index >= 15 is 0 Å². The van der Waals surface area contributed by atoms with Crippen LogP contribution in [-0.2, 0) is 19.4 Å². The van der Waals surface area contributed by atoms with E-state index in [0.717, 1.165) is 5.56 Å². The summed E-state index contributed by atoms with van der Waals surface area (Å²) >= 11 is 0. The van der Waals surface area contributed by atoms with Gasteiger partial charge in [0, 0.05) is 35.9 Å². The lowest BCUT2D eigenvalue weighted by Gasteiger charge is -2.27. The van der Waals surface area contributed by atoms with Crippen molar-refractivity contribution in [3.63, 3.8) is 0 Å². The molecule has 0 saturated carbocycles. The van der Waals surface area contributed by atoms with Crippen molar-refractivity contribution in [3.8, 4) is 11.3 Å². The summed E-state index contributed by atoms with van der Waals surface area (Å²) in [6, 6.07) is 10.2. The molecular formula is C20H20N2O5S. The standard InChI is InChI=1S/C20H20N2O5S/c21-20(23)14-5-8-26-16(9-14)12-28(24,25)17-1-2-18-15(10-17)11-19(27-18)13-3-6-22-7-4-13/h1-4,6-7,10-11,14,16H,5,8-9,12H2,(H2,21,23). The quantitative estimate of drug-likeness (QED) is 0.704. The molecule has 8 heteroatoms. The highest BCUT2D eigenvalue weighted by atomic mass is 32.2. The highest BCUT2D eigenvalue weighted by molar-refractivity contribution is 7.91. The van der Waals surface area contributed by atoms with Crippen LogP contribution in [-0.4, -0.2) is 37.8 Å². The number of sulfone groups is 1. The number of benzene rings is 1. The lowest BCUT2D eigenvalue weighted by molar-refractivity contribution is -0.126. The fourth-order valence-electron chi connectivity index (χ4n) is 3.47. The molecule has 0 radical (unpaired) electrons. The Kier molecular flexibility index (Phi) is 4.91.